The van der Waals surface area contributed by atoms with E-state index in [0.717, 1.165) is 48.3 Å². The molecule has 4 rings (SSSR count). The van der Waals surface area contributed by atoms with Crippen molar-refractivity contribution in [1.29, 1.82) is 0 Å². The van der Waals surface area contributed by atoms with Crippen LogP contribution in [0.15, 0.2) is 47.5 Å². The number of hydrogen-bond acceptors (Lipinski definition) is 4. The van der Waals surface area contributed by atoms with Crippen molar-refractivity contribution in [1.82, 2.24) is 10.6 Å². The number of rotatable bonds is 4. The van der Waals surface area contributed by atoms with Crippen molar-refractivity contribution in [3.8, 4) is 17.2 Å². The van der Waals surface area contributed by atoms with Gasteiger partial charge < -0.3 is 24.8 Å². The van der Waals surface area contributed by atoms with Crippen molar-refractivity contribution in [2.45, 2.75) is 18.9 Å². The SMILES string of the molecule is CN=C(NCc1ccc2c(c1)OCO2)NCC1CCOc2ccccc21. The lowest BCUT2D eigenvalue weighted by Crippen LogP contribution is -2.39. The summed E-state index contributed by atoms with van der Waals surface area (Å²) in [6, 6.07) is 14.2. The summed E-state index contributed by atoms with van der Waals surface area (Å²) in [4.78, 5) is 4.32. The zero-order valence-electron chi connectivity index (χ0n) is 14.8. The van der Waals surface area contributed by atoms with E-state index in [1.165, 1.54) is 5.56 Å². The fraction of sp³-hybridized carbons (Fsp3) is 0.350. The minimum atomic E-state index is 0.294. The molecule has 26 heavy (non-hydrogen) atoms. The van der Waals surface area contributed by atoms with Gasteiger partial charge in [-0.3, -0.25) is 4.99 Å². The first kappa shape index (κ1) is 16.6. The highest BCUT2D eigenvalue weighted by Crippen LogP contribution is 2.33. The average Bonchev–Trinajstić information content (AvgIpc) is 3.16. The van der Waals surface area contributed by atoms with E-state index in [4.69, 9.17) is 14.2 Å². The number of nitrogens with zero attached hydrogens (tertiary/aromatic N) is 1. The predicted octanol–water partition coefficient (Wildman–Crippen LogP) is 2.65. The van der Waals surface area contributed by atoms with Crippen LogP contribution in [0.5, 0.6) is 17.2 Å². The van der Waals surface area contributed by atoms with Gasteiger partial charge in [0.2, 0.25) is 6.79 Å². The number of aliphatic imine (C=N–C) groups is 1. The van der Waals surface area contributed by atoms with Crippen LogP contribution in [0.2, 0.25) is 0 Å². The Morgan fingerprint density at radius 1 is 1.04 bits per heavy atom. The summed E-state index contributed by atoms with van der Waals surface area (Å²) in [6.45, 7) is 2.54. The quantitative estimate of drug-likeness (QED) is 0.654. The third-order valence-corrected chi connectivity index (χ3v) is 4.72. The molecule has 0 spiro atoms. The van der Waals surface area contributed by atoms with Crippen LogP contribution in [0.4, 0.5) is 0 Å². The monoisotopic (exact) mass is 353 g/mol. The third kappa shape index (κ3) is 3.54. The lowest BCUT2D eigenvalue weighted by atomic mass is 9.93. The Balaban J connectivity index is 1.33. The summed E-state index contributed by atoms with van der Waals surface area (Å²) in [7, 11) is 1.78. The van der Waals surface area contributed by atoms with Crippen LogP contribution in [0.3, 0.4) is 0 Å². The van der Waals surface area contributed by atoms with Crippen molar-refractivity contribution in [3.05, 3.63) is 53.6 Å². The van der Waals surface area contributed by atoms with Crippen LogP contribution in [0, 0.1) is 0 Å². The van der Waals surface area contributed by atoms with Crippen LogP contribution in [0.1, 0.15) is 23.5 Å². The summed E-state index contributed by atoms with van der Waals surface area (Å²) in [5.41, 5.74) is 2.38. The van der Waals surface area contributed by atoms with E-state index in [0.29, 0.717) is 19.3 Å². The Bertz CT molecular complexity index is 807. The normalized spacial score (nSPS) is 18.0. The maximum absolute atomic E-state index is 5.73. The lowest BCUT2D eigenvalue weighted by Gasteiger charge is -2.26. The van der Waals surface area contributed by atoms with E-state index >= 15 is 0 Å². The summed E-state index contributed by atoms with van der Waals surface area (Å²) < 4.78 is 16.5. The molecule has 6 heteroatoms. The van der Waals surface area contributed by atoms with Crippen molar-refractivity contribution < 1.29 is 14.2 Å². The molecule has 2 N–H and O–H groups in total. The van der Waals surface area contributed by atoms with Crippen LogP contribution < -0.4 is 24.8 Å². The molecular weight excluding hydrogens is 330 g/mol. The van der Waals surface area contributed by atoms with E-state index in [1.807, 2.05) is 30.3 Å². The van der Waals surface area contributed by atoms with E-state index in [2.05, 4.69) is 27.8 Å². The maximum atomic E-state index is 5.73. The molecule has 2 aromatic carbocycles. The molecular formula is C20H23N3O3. The highest BCUT2D eigenvalue weighted by atomic mass is 16.7. The summed E-state index contributed by atoms with van der Waals surface area (Å²) in [6.07, 6.45) is 1.00. The second-order valence-corrected chi connectivity index (χ2v) is 6.37. The predicted molar refractivity (Wildman–Crippen MR) is 100 cm³/mol. The molecule has 2 aliphatic rings. The smallest absolute Gasteiger partial charge is 0.231 e. The summed E-state index contributed by atoms with van der Waals surface area (Å²) in [5.74, 6) is 3.80. The zero-order valence-corrected chi connectivity index (χ0v) is 14.8. The number of ether oxygens (including phenoxy) is 3. The van der Waals surface area contributed by atoms with Gasteiger partial charge in [0.25, 0.3) is 0 Å². The number of benzene rings is 2. The van der Waals surface area contributed by atoms with Gasteiger partial charge in [-0.05, 0) is 35.7 Å². The van der Waals surface area contributed by atoms with Crippen LogP contribution >= 0.6 is 0 Å². The topological polar surface area (TPSA) is 64.1 Å². The third-order valence-electron chi connectivity index (χ3n) is 4.72. The maximum Gasteiger partial charge on any atom is 0.231 e. The molecule has 0 saturated heterocycles. The first-order chi connectivity index (χ1) is 12.8. The zero-order chi connectivity index (χ0) is 17.8. The molecule has 2 heterocycles. The van der Waals surface area contributed by atoms with Gasteiger partial charge in [-0.25, -0.2) is 0 Å². The molecule has 0 bridgehead atoms. The number of guanidine groups is 1. The minimum absolute atomic E-state index is 0.294. The highest BCUT2D eigenvalue weighted by molar-refractivity contribution is 5.79. The fourth-order valence-electron chi connectivity index (χ4n) is 3.31. The first-order valence-corrected chi connectivity index (χ1v) is 8.88. The fourth-order valence-corrected chi connectivity index (χ4v) is 3.31. The van der Waals surface area contributed by atoms with Crippen LogP contribution in [-0.2, 0) is 6.54 Å². The summed E-state index contributed by atoms with van der Waals surface area (Å²) in [5, 5.41) is 6.78. The Morgan fingerprint density at radius 3 is 2.85 bits per heavy atom. The van der Waals surface area contributed by atoms with Gasteiger partial charge in [0.05, 0.1) is 6.61 Å². The Hall–Kier alpha value is -2.89. The van der Waals surface area contributed by atoms with E-state index in [-0.39, 0.29) is 0 Å². The van der Waals surface area contributed by atoms with E-state index < -0.39 is 0 Å². The van der Waals surface area contributed by atoms with Gasteiger partial charge in [0.15, 0.2) is 17.5 Å². The van der Waals surface area contributed by atoms with Gasteiger partial charge in [-0.1, -0.05) is 24.3 Å². The van der Waals surface area contributed by atoms with Crippen LogP contribution in [0.25, 0.3) is 0 Å². The first-order valence-electron chi connectivity index (χ1n) is 8.88. The van der Waals surface area contributed by atoms with Crippen molar-refractivity contribution in [2.24, 2.45) is 4.99 Å². The van der Waals surface area contributed by atoms with Gasteiger partial charge in [-0.2, -0.15) is 0 Å². The van der Waals surface area contributed by atoms with Gasteiger partial charge in [0, 0.05) is 26.1 Å². The largest absolute Gasteiger partial charge is 0.493 e. The molecule has 6 nitrogen and oxygen atoms in total. The standard InChI is InChI=1S/C20H23N3O3/c1-21-20(22-11-14-6-7-18-19(10-14)26-13-25-18)23-12-15-8-9-24-17-5-3-2-4-16(15)17/h2-7,10,15H,8-9,11-13H2,1H3,(H2,21,22,23). The summed E-state index contributed by atoms with van der Waals surface area (Å²) >= 11 is 0. The molecule has 0 aromatic heterocycles. The Labute approximate surface area is 153 Å². The molecule has 1 atom stereocenters. The molecule has 0 aliphatic carbocycles. The molecule has 2 aliphatic heterocycles. The molecule has 1 unspecified atom stereocenters. The molecule has 0 saturated carbocycles. The second kappa shape index (κ2) is 7.56. The van der Waals surface area contributed by atoms with Gasteiger partial charge in [0.1, 0.15) is 5.75 Å². The van der Waals surface area contributed by atoms with Crippen molar-refractivity contribution >= 4 is 5.96 Å². The average molecular weight is 353 g/mol. The number of hydrogen-bond donors (Lipinski definition) is 2. The van der Waals surface area contributed by atoms with Gasteiger partial charge in [-0.15, -0.1) is 0 Å². The van der Waals surface area contributed by atoms with Crippen molar-refractivity contribution in [3.63, 3.8) is 0 Å². The highest BCUT2D eigenvalue weighted by Gasteiger charge is 2.21. The Kier molecular flexibility index (Phi) is 4.82. The lowest BCUT2D eigenvalue weighted by molar-refractivity contribution is 0.174. The van der Waals surface area contributed by atoms with Crippen LogP contribution in [-0.4, -0.2) is 33.0 Å². The Morgan fingerprint density at radius 2 is 1.92 bits per heavy atom. The molecule has 2 aromatic rings. The number of nitrogens with one attached hydrogen (secondary N) is 2. The molecule has 0 radical (unpaired) electrons. The number of fused-ring (bicyclic) bond motifs is 2. The molecule has 0 amide bonds. The van der Waals surface area contributed by atoms with Crippen molar-refractivity contribution in [2.75, 3.05) is 27.0 Å². The van der Waals surface area contributed by atoms with E-state index in [1.54, 1.807) is 7.05 Å². The molecule has 0 fully saturated rings. The number of para-hydroxylation sites is 1. The van der Waals surface area contributed by atoms with E-state index in [9.17, 15) is 0 Å². The minimum Gasteiger partial charge on any atom is -0.493 e. The second-order valence-electron chi connectivity index (χ2n) is 6.37. The molecule has 136 valence electrons. The van der Waals surface area contributed by atoms with Gasteiger partial charge >= 0.3 is 0 Å².